The highest BCUT2D eigenvalue weighted by Crippen LogP contribution is 2.04. The number of aliphatic imine (C=N–C) groups is 1. The van der Waals surface area contributed by atoms with Crippen LogP contribution in [-0.2, 0) is 11.3 Å². The van der Waals surface area contributed by atoms with Crippen LogP contribution in [0.25, 0.3) is 0 Å². The van der Waals surface area contributed by atoms with E-state index in [1.807, 2.05) is 38.1 Å². The minimum absolute atomic E-state index is 0. The summed E-state index contributed by atoms with van der Waals surface area (Å²) in [5.41, 5.74) is 1.95. The van der Waals surface area contributed by atoms with Gasteiger partial charge in [-0.1, -0.05) is 12.1 Å². The van der Waals surface area contributed by atoms with Crippen molar-refractivity contribution in [2.75, 3.05) is 18.4 Å². The van der Waals surface area contributed by atoms with Crippen molar-refractivity contribution in [2.45, 2.75) is 26.8 Å². The van der Waals surface area contributed by atoms with Gasteiger partial charge < -0.3 is 16.0 Å². The lowest BCUT2D eigenvalue weighted by Gasteiger charge is -2.11. The smallest absolute Gasteiger partial charge is 0.227 e. The topological polar surface area (TPSA) is 91.3 Å². The van der Waals surface area contributed by atoms with E-state index in [2.05, 4.69) is 30.9 Å². The number of halogens is 1. The lowest BCUT2D eigenvalue weighted by atomic mass is 10.3. The van der Waals surface area contributed by atoms with Crippen LogP contribution in [0, 0.1) is 6.92 Å². The van der Waals surface area contributed by atoms with Crippen LogP contribution in [0.5, 0.6) is 0 Å². The first-order chi connectivity index (χ1) is 12.2. The van der Waals surface area contributed by atoms with Crippen molar-refractivity contribution in [1.82, 2.24) is 20.6 Å². The zero-order valence-electron chi connectivity index (χ0n) is 15.0. The minimum atomic E-state index is -0.0931. The first kappa shape index (κ1) is 21.8. The second kappa shape index (κ2) is 12.2. The maximum absolute atomic E-state index is 12.0. The van der Waals surface area contributed by atoms with Crippen molar-refractivity contribution in [3.63, 3.8) is 0 Å². The van der Waals surface area contributed by atoms with Crippen LogP contribution in [-0.4, -0.2) is 34.9 Å². The Balaban J connectivity index is 0.00000338. The Morgan fingerprint density at radius 3 is 2.65 bits per heavy atom. The fraction of sp³-hybridized carbons (Fsp3) is 0.333. The first-order valence-electron chi connectivity index (χ1n) is 8.32. The Bertz CT molecular complexity index is 691. The largest absolute Gasteiger partial charge is 0.357 e. The third kappa shape index (κ3) is 8.24. The molecule has 0 saturated carbocycles. The lowest BCUT2D eigenvalue weighted by molar-refractivity contribution is -0.116. The van der Waals surface area contributed by atoms with Gasteiger partial charge in [-0.15, -0.1) is 24.0 Å². The summed E-state index contributed by atoms with van der Waals surface area (Å²) in [5, 5.41) is 9.07. The molecule has 8 heteroatoms. The van der Waals surface area contributed by atoms with Crippen molar-refractivity contribution in [3.8, 4) is 0 Å². The van der Waals surface area contributed by atoms with E-state index in [0.29, 0.717) is 31.3 Å². The average molecular weight is 468 g/mol. The van der Waals surface area contributed by atoms with Gasteiger partial charge in [-0.05, 0) is 37.6 Å². The SMILES string of the molecule is CCNC(=NCc1ccccn1)NCCC(=O)Nc1ccc(C)cn1.I. The molecule has 0 fully saturated rings. The Hall–Kier alpha value is -2.23. The van der Waals surface area contributed by atoms with Crippen LogP contribution in [0.15, 0.2) is 47.7 Å². The molecule has 0 aromatic carbocycles. The second-order valence-electron chi connectivity index (χ2n) is 5.46. The number of pyridine rings is 2. The van der Waals surface area contributed by atoms with E-state index in [4.69, 9.17) is 0 Å². The maximum atomic E-state index is 12.0. The number of rotatable bonds is 7. The molecule has 0 saturated heterocycles. The van der Waals surface area contributed by atoms with Gasteiger partial charge >= 0.3 is 0 Å². The number of nitrogens with one attached hydrogen (secondary N) is 3. The third-order valence-corrected chi connectivity index (χ3v) is 3.29. The monoisotopic (exact) mass is 468 g/mol. The molecule has 26 heavy (non-hydrogen) atoms. The molecule has 0 atom stereocenters. The number of hydrogen-bond donors (Lipinski definition) is 3. The molecule has 2 aromatic rings. The molecular formula is C18H25IN6O. The van der Waals surface area contributed by atoms with Gasteiger partial charge in [0, 0.05) is 31.9 Å². The molecule has 0 spiro atoms. The van der Waals surface area contributed by atoms with Gasteiger partial charge in [0.25, 0.3) is 0 Å². The zero-order chi connectivity index (χ0) is 17.9. The van der Waals surface area contributed by atoms with Gasteiger partial charge in [0.2, 0.25) is 5.91 Å². The normalized spacial score (nSPS) is 10.6. The standard InChI is InChI=1S/C18H24N6O.HI/c1-3-19-18(23-13-15-6-4-5-10-20-15)21-11-9-17(25)24-16-8-7-14(2)12-22-16;/h4-8,10,12H,3,9,11,13H2,1-2H3,(H2,19,21,23)(H,22,24,25);1H. The third-order valence-electron chi connectivity index (χ3n) is 3.29. The highest BCUT2D eigenvalue weighted by molar-refractivity contribution is 14.0. The van der Waals surface area contributed by atoms with Crippen molar-refractivity contribution >= 4 is 41.7 Å². The van der Waals surface area contributed by atoms with E-state index >= 15 is 0 Å². The van der Waals surface area contributed by atoms with Crippen LogP contribution in [0.3, 0.4) is 0 Å². The zero-order valence-corrected chi connectivity index (χ0v) is 17.4. The van der Waals surface area contributed by atoms with E-state index in [0.717, 1.165) is 17.8 Å². The molecule has 2 aromatic heterocycles. The van der Waals surface area contributed by atoms with Crippen molar-refractivity contribution in [3.05, 3.63) is 54.0 Å². The van der Waals surface area contributed by atoms with Crippen LogP contribution >= 0.6 is 24.0 Å². The van der Waals surface area contributed by atoms with Gasteiger partial charge in [0.05, 0.1) is 12.2 Å². The minimum Gasteiger partial charge on any atom is -0.357 e. The maximum Gasteiger partial charge on any atom is 0.227 e. The van der Waals surface area contributed by atoms with Crippen molar-refractivity contribution in [1.29, 1.82) is 0 Å². The number of anilines is 1. The Kier molecular flexibility index (Phi) is 10.2. The first-order valence-corrected chi connectivity index (χ1v) is 8.32. The quantitative estimate of drug-likeness (QED) is 0.330. The van der Waals surface area contributed by atoms with Gasteiger partial charge in [-0.25, -0.2) is 9.98 Å². The summed E-state index contributed by atoms with van der Waals surface area (Å²) < 4.78 is 0. The number of aromatic nitrogens is 2. The molecule has 140 valence electrons. The number of guanidine groups is 1. The highest BCUT2D eigenvalue weighted by atomic mass is 127. The van der Waals surface area contributed by atoms with Crippen LogP contribution in [0.2, 0.25) is 0 Å². The Morgan fingerprint density at radius 1 is 1.15 bits per heavy atom. The number of carbonyl (C=O) groups excluding carboxylic acids is 1. The molecule has 0 aliphatic heterocycles. The Labute approximate surface area is 171 Å². The molecule has 2 rings (SSSR count). The molecule has 3 N–H and O–H groups in total. The van der Waals surface area contributed by atoms with Crippen LogP contribution in [0.4, 0.5) is 5.82 Å². The van der Waals surface area contributed by atoms with Gasteiger partial charge in [0.1, 0.15) is 5.82 Å². The fourth-order valence-electron chi connectivity index (χ4n) is 2.03. The molecule has 0 unspecified atom stereocenters. The molecule has 1 amide bonds. The number of hydrogen-bond acceptors (Lipinski definition) is 4. The summed E-state index contributed by atoms with van der Waals surface area (Å²) in [6.45, 7) is 5.65. The molecule has 2 heterocycles. The summed E-state index contributed by atoms with van der Waals surface area (Å²) >= 11 is 0. The van der Waals surface area contributed by atoms with E-state index < -0.39 is 0 Å². The van der Waals surface area contributed by atoms with E-state index in [-0.39, 0.29) is 29.9 Å². The average Bonchev–Trinajstić information content (AvgIpc) is 2.62. The lowest BCUT2D eigenvalue weighted by Crippen LogP contribution is -2.38. The number of nitrogens with zero attached hydrogens (tertiary/aromatic N) is 3. The number of aryl methyl sites for hydroxylation is 1. The van der Waals surface area contributed by atoms with Crippen LogP contribution in [0.1, 0.15) is 24.6 Å². The molecule has 0 aliphatic carbocycles. The highest BCUT2D eigenvalue weighted by Gasteiger charge is 2.04. The molecule has 0 aliphatic rings. The molecular weight excluding hydrogens is 443 g/mol. The number of carbonyl (C=O) groups is 1. The fourth-order valence-corrected chi connectivity index (χ4v) is 2.03. The summed E-state index contributed by atoms with van der Waals surface area (Å²) in [6.07, 6.45) is 3.79. The van der Waals surface area contributed by atoms with E-state index in [1.54, 1.807) is 18.5 Å². The predicted molar refractivity (Wildman–Crippen MR) is 115 cm³/mol. The Morgan fingerprint density at radius 2 is 2.00 bits per heavy atom. The molecule has 7 nitrogen and oxygen atoms in total. The molecule has 0 bridgehead atoms. The van der Waals surface area contributed by atoms with Gasteiger partial charge in [-0.2, -0.15) is 0 Å². The summed E-state index contributed by atoms with van der Waals surface area (Å²) in [4.78, 5) is 24.8. The summed E-state index contributed by atoms with van der Waals surface area (Å²) in [5.74, 6) is 1.13. The second-order valence-corrected chi connectivity index (χ2v) is 5.46. The van der Waals surface area contributed by atoms with Gasteiger partial charge in [0.15, 0.2) is 5.96 Å². The summed E-state index contributed by atoms with van der Waals surface area (Å²) in [7, 11) is 0. The van der Waals surface area contributed by atoms with Crippen molar-refractivity contribution in [2.24, 2.45) is 4.99 Å². The molecule has 0 radical (unpaired) electrons. The van der Waals surface area contributed by atoms with Crippen LogP contribution < -0.4 is 16.0 Å². The summed E-state index contributed by atoms with van der Waals surface area (Å²) in [6, 6.07) is 9.43. The van der Waals surface area contributed by atoms with Gasteiger partial charge in [-0.3, -0.25) is 9.78 Å². The number of amides is 1. The van der Waals surface area contributed by atoms with Crippen molar-refractivity contribution < 1.29 is 4.79 Å². The van der Waals surface area contributed by atoms with E-state index in [9.17, 15) is 4.79 Å². The predicted octanol–water partition coefficient (Wildman–Crippen LogP) is 2.49. The van der Waals surface area contributed by atoms with E-state index in [1.165, 1.54) is 0 Å².